The minimum Gasteiger partial charge on any atom is -0.339 e. The first-order chi connectivity index (χ1) is 13.1. The highest BCUT2D eigenvalue weighted by Crippen LogP contribution is 2.35. The number of hydrogen-bond acceptors (Lipinski definition) is 3. The molecule has 0 aromatic heterocycles. The standard InChI is InChI=1S/C21H24N2O3S/c24-21(18-9-5-2-6-10-18)22-13-11-19-16-23(15-17-7-3-1-4-8-17)27(25,26)20(19)12-14-22/h1-10,19-20H,11-16H2/t19-,20-/m1/s1. The monoisotopic (exact) mass is 384 g/mol. The second-order valence-corrected chi connectivity index (χ2v) is 9.51. The molecule has 0 spiro atoms. The number of likely N-dealkylation sites (tertiary alicyclic amines) is 1. The summed E-state index contributed by atoms with van der Waals surface area (Å²) in [6.45, 7) is 2.09. The lowest BCUT2D eigenvalue weighted by Gasteiger charge is -2.22. The molecule has 2 aliphatic heterocycles. The van der Waals surface area contributed by atoms with Crippen molar-refractivity contribution < 1.29 is 13.2 Å². The normalized spacial score (nSPS) is 25.0. The van der Waals surface area contributed by atoms with Crippen molar-refractivity contribution in [2.75, 3.05) is 19.6 Å². The molecule has 2 fully saturated rings. The van der Waals surface area contributed by atoms with Crippen molar-refractivity contribution in [1.29, 1.82) is 0 Å². The van der Waals surface area contributed by atoms with Crippen molar-refractivity contribution in [1.82, 2.24) is 9.21 Å². The van der Waals surface area contributed by atoms with Crippen molar-refractivity contribution in [3.63, 3.8) is 0 Å². The predicted molar refractivity (Wildman–Crippen MR) is 105 cm³/mol. The lowest BCUT2D eigenvalue weighted by Crippen LogP contribution is -2.34. The highest BCUT2D eigenvalue weighted by molar-refractivity contribution is 7.90. The zero-order valence-electron chi connectivity index (χ0n) is 15.2. The maximum Gasteiger partial charge on any atom is 0.253 e. The molecule has 0 bridgehead atoms. The molecule has 27 heavy (non-hydrogen) atoms. The lowest BCUT2D eigenvalue weighted by molar-refractivity contribution is 0.0759. The molecule has 2 aliphatic rings. The lowest BCUT2D eigenvalue weighted by atomic mass is 10.0. The number of hydrogen-bond donors (Lipinski definition) is 0. The van der Waals surface area contributed by atoms with Gasteiger partial charge in [0.1, 0.15) is 0 Å². The van der Waals surface area contributed by atoms with Crippen LogP contribution in [0.5, 0.6) is 0 Å². The first kappa shape index (κ1) is 18.2. The first-order valence-corrected chi connectivity index (χ1v) is 10.9. The van der Waals surface area contributed by atoms with E-state index in [1.54, 1.807) is 4.31 Å². The van der Waals surface area contributed by atoms with Crippen LogP contribution in [0.1, 0.15) is 28.8 Å². The Morgan fingerprint density at radius 2 is 1.56 bits per heavy atom. The van der Waals surface area contributed by atoms with Crippen molar-refractivity contribution in [3.05, 3.63) is 71.8 Å². The number of carbonyl (C=O) groups is 1. The van der Waals surface area contributed by atoms with E-state index in [1.165, 1.54) is 0 Å². The summed E-state index contributed by atoms with van der Waals surface area (Å²) in [5.74, 6) is 0.0846. The van der Waals surface area contributed by atoms with E-state index in [4.69, 9.17) is 0 Å². The van der Waals surface area contributed by atoms with E-state index < -0.39 is 10.0 Å². The van der Waals surface area contributed by atoms with E-state index >= 15 is 0 Å². The summed E-state index contributed by atoms with van der Waals surface area (Å²) in [6, 6.07) is 18.9. The van der Waals surface area contributed by atoms with Gasteiger partial charge in [0, 0.05) is 31.7 Å². The van der Waals surface area contributed by atoms with Crippen LogP contribution >= 0.6 is 0 Å². The topological polar surface area (TPSA) is 57.7 Å². The van der Waals surface area contributed by atoms with Crippen molar-refractivity contribution in [2.45, 2.75) is 24.6 Å². The van der Waals surface area contributed by atoms with Gasteiger partial charge in [0.25, 0.3) is 5.91 Å². The molecular formula is C21H24N2O3S. The molecule has 4 rings (SSSR count). The quantitative estimate of drug-likeness (QED) is 0.818. The average Bonchev–Trinajstić information content (AvgIpc) is 2.83. The molecule has 2 aromatic carbocycles. The van der Waals surface area contributed by atoms with E-state index in [9.17, 15) is 13.2 Å². The van der Waals surface area contributed by atoms with Crippen LogP contribution in [0.4, 0.5) is 0 Å². The summed E-state index contributed by atoms with van der Waals surface area (Å²) in [5, 5.41) is -0.380. The zero-order valence-corrected chi connectivity index (χ0v) is 16.0. The zero-order chi connectivity index (χ0) is 18.9. The number of fused-ring (bicyclic) bond motifs is 1. The molecule has 2 atom stereocenters. The second kappa shape index (κ2) is 7.44. The van der Waals surface area contributed by atoms with Crippen molar-refractivity contribution in [3.8, 4) is 0 Å². The number of nitrogens with zero attached hydrogens (tertiary/aromatic N) is 2. The second-order valence-electron chi connectivity index (χ2n) is 7.36. The fourth-order valence-electron chi connectivity index (χ4n) is 4.20. The van der Waals surface area contributed by atoms with Gasteiger partial charge in [0.2, 0.25) is 10.0 Å². The SMILES string of the molecule is O=C(c1ccccc1)N1CC[C@@H]2CN(Cc3ccccc3)S(=O)(=O)[C@@H]2CC1. The summed E-state index contributed by atoms with van der Waals surface area (Å²) in [6.07, 6.45) is 1.24. The summed E-state index contributed by atoms with van der Waals surface area (Å²) >= 11 is 0. The van der Waals surface area contributed by atoms with Crippen molar-refractivity contribution in [2.24, 2.45) is 5.92 Å². The van der Waals surface area contributed by atoms with Crippen LogP contribution in [0.3, 0.4) is 0 Å². The van der Waals surface area contributed by atoms with Gasteiger partial charge in [-0.3, -0.25) is 4.79 Å². The van der Waals surface area contributed by atoms with E-state index in [0.29, 0.717) is 38.2 Å². The van der Waals surface area contributed by atoms with Crippen molar-refractivity contribution >= 4 is 15.9 Å². The number of benzene rings is 2. The maximum absolute atomic E-state index is 13.1. The molecule has 2 aromatic rings. The molecule has 0 saturated carbocycles. The Bertz CT molecular complexity index is 900. The smallest absolute Gasteiger partial charge is 0.253 e. The van der Waals surface area contributed by atoms with Gasteiger partial charge < -0.3 is 4.90 Å². The molecular weight excluding hydrogens is 360 g/mol. The fourth-order valence-corrected chi connectivity index (χ4v) is 6.43. The Kier molecular flexibility index (Phi) is 5.02. The molecule has 2 heterocycles. The number of sulfonamides is 1. The largest absolute Gasteiger partial charge is 0.339 e. The summed E-state index contributed by atoms with van der Waals surface area (Å²) in [5.41, 5.74) is 1.68. The third kappa shape index (κ3) is 3.64. The Hall–Kier alpha value is -2.18. The van der Waals surface area contributed by atoms with E-state index in [0.717, 1.165) is 12.0 Å². The van der Waals surface area contributed by atoms with Gasteiger partial charge in [-0.05, 0) is 36.5 Å². The summed E-state index contributed by atoms with van der Waals surface area (Å²) < 4.78 is 27.7. The van der Waals surface area contributed by atoms with E-state index in [-0.39, 0.29) is 17.1 Å². The molecule has 5 nitrogen and oxygen atoms in total. The van der Waals surface area contributed by atoms with Gasteiger partial charge in [-0.1, -0.05) is 48.5 Å². The van der Waals surface area contributed by atoms with Gasteiger partial charge in [-0.25, -0.2) is 8.42 Å². The highest BCUT2D eigenvalue weighted by Gasteiger charge is 2.47. The molecule has 6 heteroatoms. The Balaban J connectivity index is 1.46. The average molecular weight is 385 g/mol. The maximum atomic E-state index is 13.1. The number of carbonyl (C=O) groups excluding carboxylic acids is 1. The van der Waals surface area contributed by atoms with Crippen LogP contribution in [0.25, 0.3) is 0 Å². The summed E-state index contributed by atoms with van der Waals surface area (Å²) in [4.78, 5) is 14.5. The van der Waals surface area contributed by atoms with Gasteiger partial charge >= 0.3 is 0 Å². The molecule has 142 valence electrons. The van der Waals surface area contributed by atoms with Gasteiger partial charge in [-0.15, -0.1) is 0 Å². The fraction of sp³-hybridized carbons (Fsp3) is 0.381. The van der Waals surface area contributed by atoms with Crippen LogP contribution in [0, 0.1) is 5.92 Å². The molecule has 0 N–H and O–H groups in total. The van der Waals surface area contributed by atoms with Crippen LogP contribution < -0.4 is 0 Å². The minimum atomic E-state index is -3.33. The Labute approximate surface area is 160 Å². The highest BCUT2D eigenvalue weighted by atomic mass is 32.2. The van der Waals surface area contributed by atoms with Crippen LogP contribution in [-0.2, 0) is 16.6 Å². The number of rotatable bonds is 3. The Morgan fingerprint density at radius 3 is 2.26 bits per heavy atom. The molecule has 0 aliphatic carbocycles. The Morgan fingerprint density at radius 1 is 0.926 bits per heavy atom. The van der Waals surface area contributed by atoms with E-state index in [2.05, 4.69) is 0 Å². The molecule has 1 amide bonds. The van der Waals surface area contributed by atoms with Gasteiger partial charge in [0.05, 0.1) is 5.25 Å². The third-order valence-corrected chi connectivity index (χ3v) is 8.05. The molecule has 0 radical (unpaired) electrons. The number of amides is 1. The third-order valence-electron chi connectivity index (χ3n) is 5.67. The first-order valence-electron chi connectivity index (χ1n) is 9.43. The summed E-state index contributed by atoms with van der Waals surface area (Å²) in [7, 11) is -3.33. The van der Waals surface area contributed by atoms with Crippen LogP contribution in [0.2, 0.25) is 0 Å². The van der Waals surface area contributed by atoms with E-state index in [1.807, 2.05) is 65.6 Å². The molecule has 0 unspecified atom stereocenters. The van der Waals surface area contributed by atoms with Crippen LogP contribution in [0.15, 0.2) is 60.7 Å². The predicted octanol–water partition coefficient (Wildman–Crippen LogP) is 2.75. The molecule has 2 saturated heterocycles. The minimum absolute atomic E-state index is 0.00545. The van der Waals surface area contributed by atoms with Crippen LogP contribution in [-0.4, -0.2) is 48.4 Å². The van der Waals surface area contributed by atoms with Gasteiger partial charge in [0.15, 0.2) is 0 Å². The van der Waals surface area contributed by atoms with Gasteiger partial charge in [-0.2, -0.15) is 4.31 Å².